The lowest BCUT2D eigenvalue weighted by atomic mass is 10.0. The van der Waals surface area contributed by atoms with Crippen molar-refractivity contribution in [3.05, 3.63) is 59.7 Å². The fourth-order valence-corrected chi connectivity index (χ4v) is 8.12. The molecule has 87 heavy (non-hydrogen) atoms. The molecule has 0 heterocycles. The van der Waals surface area contributed by atoms with Crippen LogP contribution in [-0.4, -0.2) is 218 Å². The van der Waals surface area contributed by atoms with Gasteiger partial charge in [0.1, 0.15) is 65.9 Å². The first-order valence-corrected chi connectivity index (χ1v) is 27.6. The number of phenolic OH excluding ortho intramolecular Hbond substituents is 2. The first-order chi connectivity index (χ1) is 41.2. The average molecular weight is 1230 g/mol. The summed E-state index contributed by atoms with van der Waals surface area (Å²) < 4.78 is 0. The van der Waals surface area contributed by atoms with Gasteiger partial charge in [-0.1, -0.05) is 30.7 Å². The molecule has 0 aliphatic carbocycles. The summed E-state index contributed by atoms with van der Waals surface area (Å²) in [6, 6.07) is -6.53. The Morgan fingerprint density at radius 1 is 0.460 bits per heavy atom. The maximum atomic E-state index is 14.1. The normalized spacial score (nSPS) is 14.8. The van der Waals surface area contributed by atoms with Crippen molar-refractivity contribution in [1.82, 2.24) is 47.9 Å². The standard InChI is InChI=1S/C53H83N15O19/c1-27(72)42(68-44(78)33(9-6-20-59-53(57)58)60-48(82)38(24-69)66-47(81)37(23-41(75)76)62-43(77)32(56)7-2-4-18-54)51(85)67-40(26-71)50(84)64-36(22-29-12-16-31(74)17-13-29)46(80)65-39(25-70)49(83)63-35(21-28-10-14-30(73)15-11-28)45(79)61-34(52(86)87)8-3-5-19-55/h10-17,27,32-40,42,69-74H,2-9,18-26,54-56H2,1H3,(H,60,82)(H,61,79)(H,62,77)(H,63,83)(H,64,84)(H,65,80)(H,66,81)(H,67,85)(H,68,78)(H,75,76)(H,86,87)(H4,57,58,59)/t27-,32+,33+,34+,35+,36+,37+,38+,39+,40+,42+/m1/s1. The number of hydrogen-bond donors (Lipinski definition) is 22. The summed E-state index contributed by atoms with van der Waals surface area (Å²) >= 11 is 0. The van der Waals surface area contributed by atoms with Gasteiger partial charge in [-0.05, 0) is 100 Å². The molecule has 34 nitrogen and oxygen atoms in total. The largest absolute Gasteiger partial charge is 0.508 e. The highest BCUT2D eigenvalue weighted by molar-refractivity contribution is 5.99. The number of benzene rings is 2. The average Bonchev–Trinajstić information content (AvgIpc) is 3.58. The van der Waals surface area contributed by atoms with Crippen LogP contribution >= 0.6 is 0 Å². The zero-order chi connectivity index (χ0) is 65.3. The number of guanidine groups is 1. The lowest BCUT2D eigenvalue weighted by molar-refractivity contribution is -0.142. The Hall–Kier alpha value is -8.80. The predicted molar refractivity (Wildman–Crippen MR) is 308 cm³/mol. The lowest BCUT2D eigenvalue weighted by Crippen LogP contribution is -2.63. The number of aliphatic imine (C=N–C) groups is 1. The fourth-order valence-electron chi connectivity index (χ4n) is 8.12. The molecule has 0 saturated carbocycles. The van der Waals surface area contributed by atoms with Crippen LogP contribution in [0.3, 0.4) is 0 Å². The Bertz CT molecular complexity index is 2630. The van der Waals surface area contributed by atoms with Crippen molar-refractivity contribution in [2.24, 2.45) is 33.7 Å². The molecule has 0 aliphatic heterocycles. The summed E-state index contributed by atoms with van der Waals surface area (Å²) in [4.78, 5) is 151. The Morgan fingerprint density at radius 3 is 1.22 bits per heavy atom. The lowest BCUT2D eigenvalue weighted by Gasteiger charge is -2.28. The van der Waals surface area contributed by atoms with Gasteiger partial charge < -0.3 is 117 Å². The Morgan fingerprint density at radius 2 is 0.816 bits per heavy atom. The third-order valence-electron chi connectivity index (χ3n) is 13.0. The number of unbranched alkanes of at least 4 members (excludes halogenated alkanes) is 2. The van der Waals surface area contributed by atoms with Crippen LogP contribution in [0.2, 0.25) is 0 Å². The Labute approximate surface area is 499 Å². The van der Waals surface area contributed by atoms with Crippen molar-refractivity contribution in [1.29, 1.82) is 0 Å². The number of aliphatic hydroxyl groups is 4. The van der Waals surface area contributed by atoms with Gasteiger partial charge in [-0.25, -0.2) is 4.79 Å². The second kappa shape index (κ2) is 39.0. The third-order valence-corrected chi connectivity index (χ3v) is 13.0. The molecule has 11 atom stereocenters. The number of carbonyl (C=O) groups excluding carboxylic acids is 9. The van der Waals surface area contributed by atoms with E-state index >= 15 is 0 Å². The SMILES string of the molecule is C[C@@H](O)[C@H](NC(=O)[C@H](CCCN=C(N)N)NC(=O)[C@H](CO)NC(=O)[C@H](CC(=O)O)NC(=O)[C@@H](N)CCCCN)C(=O)N[C@@H](CO)C(=O)N[C@@H](Cc1ccc(O)cc1)C(=O)N[C@@H](CO)C(=O)N[C@@H](Cc1ccc(O)cc1)C(=O)N[C@@H](CCCCN)C(=O)O. The molecule has 9 amide bonds. The van der Waals surface area contributed by atoms with Crippen LogP contribution in [0.15, 0.2) is 53.5 Å². The number of carbonyl (C=O) groups is 11. The van der Waals surface area contributed by atoms with Crippen molar-refractivity contribution in [2.45, 2.75) is 144 Å². The number of carboxylic acids is 2. The molecule has 2 aromatic rings. The number of nitrogens with one attached hydrogen (secondary N) is 9. The molecule has 0 radical (unpaired) electrons. The van der Waals surface area contributed by atoms with Crippen LogP contribution in [0, 0.1) is 0 Å². The monoisotopic (exact) mass is 1230 g/mol. The molecular weight excluding hydrogens is 1150 g/mol. The number of nitrogens with zero attached hydrogens (tertiary/aromatic N) is 1. The smallest absolute Gasteiger partial charge is 0.326 e. The number of aliphatic hydroxyl groups excluding tert-OH is 4. The quantitative estimate of drug-likeness (QED) is 0.0167. The summed E-state index contributed by atoms with van der Waals surface area (Å²) in [6.07, 6.45) is -2.08. The van der Waals surface area contributed by atoms with E-state index in [9.17, 15) is 93.6 Å². The Kier molecular flexibility index (Phi) is 33.3. The van der Waals surface area contributed by atoms with Gasteiger partial charge in [0.2, 0.25) is 53.2 Å². The maximum absolute atomic E-state index is 14.1. The van der Waals surface area contributed by atoms with Crippen molar-refractivity contribution in [3.63, 3.8) is 0 Å². The fraction of sp³-hybridized carbons (Fsp3) is 0.547. The summed E-state index contributed by atoms with van der Waals surface area (Å²) in [5.41, 5.74) is 28.4. The maximum Gasteiger partial charge on any atom is 0.326 e. The molecule has 0 spiro atoms. The molecule has 2 rings (SSSR count). The first kappa shape index (κ1) is 74.3. The minimum Gasteiger partial charge on any atom is -0.508 e. The second-order valence-electron chi connectivity index (χ2n) is 20.1. The van der Waals surface area contributed by atoms with Crippen molar-refractivity contribution in [2.75, 3.05) is 39.5 Å². The predicted octanol–water partition coefficient (Wildman–Crippen LogP) is -8.20. The third kappa shape index (κ3) is 27.4. The molecule has 484 valence electrons. The molecule has 0 saturated heterocycles. The molecule has 2 aromatic carbocycles. The van der Waals surface area contributed by atoms with Gasteiger partial charge in [-0.3, -0.25) is 52.9 Å². The van der Waals surface area contributed by atoms with Crippen molar-refractivity contribution < 1.29 is 93.6 Å². The van der Waals surface area contributed by atoms with Gasteiger partial charge >= 0.3 is 11.9 Å². The number of rotatable bonds is 41. The highest BCUT2D eigenvalue weighted by atomic mass is 16.4. The summed E-state index contributed by atoms with van der Waals surface area (Å²) in [7, 11) is 0. The number of phenols is 2. The zero-order valence-electron chi connectivity index (χ0n) is 47.9. The highest BCUT2D eigenvalue weighted by Crippen LogP contribution is 2.15. The van der Waals surface area contributed by atoms with Gasteiger partial charge in [0.25, 0.3) is 0 Å². The van der Waals surface area contributed by atoms with Crippen LogP contribution in [0.4, 0.5) is 0 Å². The van der Waals surface area contributed by atoms with Crippen LogP contribution in [0.5, 0.6) is 11.5 Å². The van der Waals surface area contributed by atoms with E-state index in [0.29, 0.717) is 37.8 Å². The highest BCUT2D eigenvalue weighted by Gasteiger charge is 2.37. The molecule has 27 N–H and O–H groups in total. The van der Waals surface area contributed by atoms with Crippen LogP contribution < -0.4 is 76.5 Å². The number of hydrogen-bond acceptors (Lipinski definition) is 21. The van der Waals surface area contributed by atoms with Gasteiger partial charge in [0, 0.05) is 19.4 Å². The molecule has 0 unspecified atom stereocenters. The molecule has 0 aliphatic rings. The number of carboxylic acid groups (broad SMARTS) is 2. The van der Waals surface area contributed by atoms with E-state index in [1.54, 1.807) is 0 Å². The number of aliphatic carboxylic acids is 2. The van der Waals surface area contributed by atoms with E-state index in [1.807, 2.05) is 0 Å². The van der Waals surface area contributed by atoms with E-state index in [0.717, 1.165) is 6.92 Å². The van der Waals surface area contributed by atoms with Gasteiger partial charge in [-0.15, -0.1) is 0 Å². The summed E-state index contributed by atoms with van der Waals surface area (Å²) in [6.45, 7) is -2.01. The van der Waals surface area contributed by atoms with Crippen LogP contribution in [0.25, 0.3) is 0 Å². The molecular formula is C53H83N15O19. The van der Waals surface area contributed by atoms with E-state index in [-0.39, 0.29) is 68.2 Å². The van der Waals surface area contributed by atoms with E-state index in [2.05, 4.69) is 52.8 Å². The molecule has 0 aromatic heterocycles. The van der Waals surface area contributed by atoms with E-state index < -0.39 is 164 Å². The topological polar surface area (TPSA) is 600 Å². The van der Waals surface area contributed by atoms with Gasteiger partial charge in [-0.2, -0.15) is 0 Å². The second-order valence-corrected chi connectivity index (χ2v) is 20.1. The number of amides is 9. The minimum absolute atomic E-state index is 0.0228. The van der Waals surface area contributed by atoms with Gasteiger partial charge in [0.15, 0.2) is 5.96 Å². The van der Waals surface area contributed by atoms with E-state index in [4.69, 9.17) is 28.7 Å². The Balaban J connectivity index is 2.41. The van der Waals surface area contributed by atoms with Gasteiger partial charge in [0.05, 0.1) is 38.4 Å². The van der Waals surface area contributed by atoms with E-state index in [1.165, 1.54) is 48.5 Å². The van der Waals surface area contributed by atoms with Crippen LogP contribution in [-0.2, 0) is 65.6 Å². The minimum atomic E-state index is -2.00. The number of aromatic hydroxyl groups is 2. The first-order valence-electron chi connectivity index (χ1n) is 27.6. The molecule has 0 bridgehead atoms. The van der Waals surface area contributed by atoms with Crippen LogP contribution in [0.1, 0.15) is 75.8 Å². The summed E-state index contributed by atoms with van der Waals surface area (Å²) in [5, 5.41) is 101. The van der Waals surface area contributed by atoms with Crippen molar-refractivity contribution >= 4 is 71.1 Å². The number of nitrogens with two attached hydrogens (primary N) is 5. The summed E-state index contributed by atoms with van der Waals surface area (Å²) in [5.74, 6) is -14.2. The molecule has 34 heteroatoms. The molecule has 0 fully saturated rings. The van der Waals surface area contributed by atoms with Crippen molar-refractivity contribution in [3.8, 4) is 11.5 Å². The zero-order valence-corrected chi connectivity index (χ0v) is 47.9.